The zero-order valence-corrected chi connectivity index (χ0v) is 14.0. The number of benzene rings is 1. The lowest BCUT2D eigenvalue weighted by molar-refractivity contribution is -0.123. The number of para-hydroxylation sites is 2. The van der Waals surface area contributed by atoms with Crippen molar-refractivity contribution in [2.24, 2.45) is 0 Å². The number of amides is 4. The fraction of sp³-hybridized carbons (Fsp3) is 0.412. The molecule has 0 spiro atoms. The van der Waals surface area contributed by atoms with Crippen molar-refractivity contribution in [2.75, 3.05) is 6.54 Å². The van der Waals surface area contributed by atoms with E-state index in [1.54, 1.807) is 0 Å². The van der Waals surface area contributed by atoms with E-state index in [-0.39, 0.29) is 24.7 Å². The molecule has 1 fully saturated rings. The van der Waals surface area contributed by atoms with Crippen LogP contribution in [-0.4, -0.2) is 40.0 Å². The Labute approximate surface area is 145 Å². The number of aromatic nitrogens is 2. The van der Waals surface area contributed by atoms with Crippen LogP contribution in [0.15, 0.2) is 24.3 Å². The number of carbonyl (C=O) groups excluding carboxylic acids is 3. The van der Waals surface area contributed by atoms with Crippen LogP contribution in [0.2, 0.25) is 0 Å². The molecule has 0 unspecified atom stereocenters. The van der Waals surface area contributed by atoms with Gasteiger partial charge >= 0.3 is 6.03 Å². The van der Waals surface area contributed by atoms with Gasteiger partial charge in [0.2, 0.25) is 11.8 Å². The Bertz CT molecular complexity index is 814. The molecule has 2 heterocycles. The van der Waals surface area contributed by atoms with Gasteiger partial charge in [-0.15, -0.1) is 0 Å². The summed E-state index contributed by atoms with van der Waals surface area (Å²) < 4.78 is 2.12. The number of nitrogens with one attached hydrogen (secondary N) is 3. The second-order valence-electron chi connectivity index (χ2n) is 5.91. The molecule has 0 radical (unpaired) electrons. The van der Waals surface area contributed by atoms with Crippen LogP contribution >= 0.6 is 0 Å². The van der Waals surface area contributed by atoms with Crippen molar-refractivity contribution in [1.29, 1.82) is 0 Å². The van der Waals surface area contributed by atoms with E-state index in [9.17, 15) is 14.4 Å². The third kappa shape index (κ3) is 3.78. The number of carbonyl (C=O) groups is 3. The maximum Gasteiger partial charge on any atom is 0.322 e. The Kier molecular flexibility index (Phi) is 4.97. The Balaban J connectivity index is 1.60. The van der Waals surface area contributed by atoms with Crippen molar-refractivity contribution in [2.45, 2.75) is 38.8 Å². The third-order valence-electron chi connectivity index (χ3n) is 4.23. The molecule has 0 aliphatic carbocycles. The molecule has 1 aliphatic rings. The highest BCUT2D eigenvalue weighted by molar-refractivity contribution is 5.98. The minimum atomic E-state index is -0.698. The molecule has 2 aromatic rings. The molecule has 8 heteroatoms. The Morgan fingerprint density at radius 2 is 2.16 bits per heavy atom. The lowest BCUT2D eigenvalue weighted by atomic mass is 10.1. The van der Waals surface area contributed by atoms with Crippen LogP contribution in [0, 0.1) is 0 Å². The van der Waals surface area contributed by atoms with Crippen LogP contribution in [0.25, 0.3) is 11.0 Å². The second-order valence-corrected chi connectivity index (χ2v) is 5.91. The van der Waals surface area contributed by atoms with Crippen molar-refractivity contribution in [3.05, 3.63) is 30.1 Å². The van der Waals surface area contributed by atoms with Gasteiger partial charge in [0.05, 0.1) is 11.0 Å². The molecule has 1 saturated heterocycles. The van der Waals surface area contributed by atoms with Gasteiger partial charge in [-0.25, -0.2) is 9.78 Å². The third-order valence-corrected chi connectivity index (χ3v) is 4.23. The van der Waals surface area contributed by atoms with Gasteiger partial charge in [0.1, 0.15) is 11.9 Å². The predicted octanol–water partition coefficient (Wildman–Crippen LogP) is 0.703. The first-order valence-corrected chi connectivity index (χ1v) is 8.40. The van der Waals surface area contributed by atoms with Crippen LogP contribution in [-0.2, 0) is 22.6 Å². The van der Waals surface area contributed by atoms with E-state index in [2.05, 4.69) is 32.4 Å². The van der Waals surface area contributed by atoms with Gasteiger partial charge < -0.3 is 15.2 Å². The molecule has 1 aromatic carbocycles. The highest BCUT2D eigenvalue weighted by Crippen LogP contribution is 2.16. The summed E-state index contributed by atoms with van der Waals surface area (Å²) in [5.41, 5.74) is 2.01. The first-order chi connectivity index (χ1) is 12.1. The average Bonchev–Trinajstić information content (AvgIpc) is 2.85. The highest BCUT2D eigenvalue weighted by atomic mass is 16.2. The number of urea groups is 1. The minimum absolute atomic E-state index is 0.141. The summed E-state index contributed by atoms with van der Waals surface area (Å²) in [4.78, 5) is 39.6. The topological polar surface area (TPSA) is 105 Å². The van der Waals surface area contributed by atoms with Gasteiger partial charge in [-0.2, -0.15) is 0 Å². The number of imide groups is 1. The molecule has 1 atom stereocenters. The summed E-state index contributed by atoms with van der Waals surface area (Å²) in [5.74, 6) is 0.249. The SMILES string of the molecule is CCn1c(CCNC(=O)[C@@H]2CCC(=O)NC(=O)N2)nc2ccccc21. The molecular weight excluding hydrogens is 322 g/mol. The maximum absolute atomic E-state index is 12.2. The number of aryl methyl sites for hydroxylation is 1. The average molecular weight is 343 g/mol. The molecule has 132 valence electrons. The summed E-state index contributed by atoms with van der Waals surface area (Å²) >= 11 is 0. The smallest absolute Gasteiger partial charge is 0.322 e. The van der Waals surface area contributed by atoms with Gasteiger partial charge in [-0.05, 0) is 25.5 Å². The minimum Gasteiger partial charge on any atom is -0.354 e. The summed E-state index contributed by atoms with van der Waals surface area (Å²) in [5, 5.41) is 7.47. The zero-order valence-electron chi connectivity index (χ0n) is 14.0. The standard InChI is InChI=1S/C17H21N5O3/c1-2-22-13-6-4-3-5-11(13)19-14(22)9-10-18-16(24)12-7-8-15(23)21-17(25)20-12/h3-6,12H,2,7-10H2,1H3,(H,18,24)(H2,20,21,23,25)/t12-/m0/s1. The van der Waals surface area contributed by atoms with Crippen molar-refractivity contribution >= 4 is 28.9 Å². The number of imidazole rings is 1. The lowest BCUT2D eigenvalue weighted by Crippen LogP contribution is -2.48. The van der Waals surface area contributed by atoms with Crippen LogP contribution in [0.5, 0.6) is 0 Å². The quantitative estimate of drug-likeness (QED) is 0.743. The second kappa shape index (κ2) is 7.33. The highest BCUT2D eigenvalue weighted by Gasteiger charge is 2.25. The Hall–Kier alpha value is -2.90. The number of fused-ring (bicyclic) bond motifs is 1. The molecule has 1 aromatic heterocycles. The van der Waals surface area contributed by atoms with Gasteiger partial charge in [0, 0.05) is 25.9 Å². The van der Waals surface area contributed by atoms with Crippen LogP contribution in [0.3, 0.4) is 0 Å². The van der Waals surface area contributed by atoms with Crippen molar-refractivity contribution < 1.29 is 14.4 Å². The van der Waals surface area contributed by atoms with Crippen LogP contribution < -0.4 is 16.0 Å². The lowest BCUT2D eigenvalue weighted by Gasteiger charge is -2.15. The number of hydrogen-bond acceptors (Lipinski definition) is 4. The fourth-order valence-electron chi connectivity index (χ4n) is 3.02. The summed E-state index contributed by atoms with van der Waals surface area (Å²) in [6.45, 7) is 3.27. The van der Waals surface area contributed by atoms with Crippen molar-refractivity contribution in [1.82, 2.24) is 25.5 Å². The summed E-state index contributed by atoms with van der Waals surface area (Å²) in [7, 11) is 0. The number of rotatable bonds is 5. The molecule has 3 N–H and O–H groups in total. The molecule has 0 bridgehead atoms. The monoisotopic (exact) mass is 343 g/mol. The molecule has 3 rings (SSSR count). The summed E-state index contributed by atoms with van der Waals surface area (Å²) in [6, 6.07) is 6.59. The van der Waals surface area contributed by atoms with Gasteiger partial charge in [0.15, 0.2) is 0 Å². The van der Waals surface area contributed by atoms with Gasteiger partial charge in [-0.3, -0.25) is 14.9 Å². The molecule has 25 heavy (non-hydrogen) atoms. The maximum atomic E-state index is 12.2. The van der Waals surface area contributed by atoms with E-state index in [4.69, 9.17) is 0 Å². The van der Waals surface area contributed by atoms with Crippen LogP contribution in [0.1, 0.15) is 25.6 Å². The molecule has 0 saturated carbocycles. The van der Waals surface area contributed by atoms with Gasteiger partial charge in [0.25, 0.3) is 0 Å². The summed E-state index contributed by atoms with van der Waals surface area (Å²) in [6.07, 6.45) is 1.02. The van der Waals surface area contributed by atoms with E-state index in [1.807, 2.05) is 24.3 Å². The molecule has 8 nitrogen and oxygen atoms in total. The van der Waals surface area contributed by atoms with E-state index in [0.29, 0.717) is 13.0 Å². The number of hydrogen-bond donors (Lipinski definition) is 3. The zero-order chi connectivity index (χ0) is 17.8. The molecule has 1 aliphatic heterocycles. The first kappa shape index (κ1) is 16.9. The Morgan fingerprint density at radius 1 is 1.36 bits per heavy atom. The molecule has 4 amide bonds. The largest absolute Gasteiger partial charge is 0.354 e. The van der Waals surface area contributed by atoms with Crippen LogP contribution in [0.4, 0.5) is 4.79 Å². The predicted molar refractivity (Wildman–Crippen MR) is 91.8 cm³/mol. The van der Waals surface area contributed by atoms with E-state index in [0.717, 1.165) is 23.4 Å². The number of nitrogens with zero attached hydrogens (tertiary/aromatic N) is 2. The van der Waals surface area contributed by atoms with E-state index >= 15 is 0 Å². The first-order valence-electron chi connectivity index (χ1n) is 8.40. The van der Waals surface area contributed by atoms with E-state index in [1.165, 1.54) is 0 Å². The Morgan fingerprint density at radius 3 is 2.96 bits per heavy atom. The van der Waals surface area contributed by atoms with Crippen molar-refractivity contribution in [3.63, 3.8) is 0 Å². The van der Waals surface area contributed by atoms with E-state index < -0.39 is 12.1 Å². The fourth-order valence-corrected chi connectivity index (χ4v) is 3.02. The molecular formula is C17H21N5O3. The van der Waals surface area contributed by atoms with Gasteiger partial charge in [-0.1, -0.05) is 12.1 Å². The van der Waals surface area contributed by atoms with Crippen molar-refractivity contribution in [3.8, 4) is 0 Å². The normalized spacial score (nSPS) is 17.7.